The molecule has 5 nitrogen and oxygen atoms in total. The Morgan fingerprint density at radius 3 is 2.90 bits per heavy atom. The highest BCUT2D eigenvalue weighted by molar-refractivity contribution is 9.10. The van der Waals surface area contributed by atoms with E-state index in [4.69, 9.17) is 10.8 Å². The topological polar surface area (TPSA) is 87.7 Å². The Hall–Kier alpha value is -0.620. The molecule has 4 N–H and O–H groups in total. The smallest absolute Gasteiger partial charge is 0.344 e. The van der Waals surface area contributed by atoms with E-state index in [1.165, 1.54) is 0 Å². The van der Waals surface area contributed by atoms with Gasteiger partial charge in [0.25, 0.3) is 0 Å². The second kappa shape index (κ2) is 2.55. The van der Waals surface area contributed by atoms with Crippen molar-refractivity contribution in [3.8, 4) is 0 Å². The second-order valence-corrected chi connectivity index (χ2v) is 2.82. The minimum atomic E-state index is -0.981. The number of aliphatic hydroxyl groups excluding tert-OH is 1. The van der Waals surface area contributed by atoms with Gasteiger partial charge in [0.1, 0.15) is 16.9 Å². The highest BCUT2D eigenvalue weighted by atomic mass is 79.9. The van der Waals surface area contributed by atoms with Gasteiger partial charge in [-0.25, -0.2) is 4.79 Å². The third-order valence-corrected chi connectivity index (χ3v) is 2.03. The zero-order valence-electron chi connectivity index (χ0n) is 4.91. The van der Waals surface area contributed by atoms with E-state index in [1.54, 1.807) is 0 Å². The van der Waals surface area contributed by atoms with Gasteiger partial charge < -0.3 is 16.2 Å². The number of nitrogens with one attached hydrogen (secondary N) is 1. The maximum atomic E-state index is 10.5. The average molecular weight is 208 g/mol. The van der Waals surface area contributed by atoms with Crippen LogP contribution >= 0.6 is 15.9 Å². The third kappa shape index (κ3) is 1.27. The van der Waals surface area contributed by atoms with Crippen molar-refractivity contribution < 1.29 is 9.90 Å². The Kier molecular flexibility index (Phi) is 1.91. The van der Waals surface area contributed by atoms with Crippen LogP contribution in [0.2, 0.25) is 0 Å². The average Bonchev–Trinajstić information content (AvgIpc) is 1.82. The molecule has 0 aliphatic carbocycles. The van der Waals surface area contributed by atoms with E-state index in [-0.39, 0.29) is 5.84 Å². The number of hydrogen-bond donors (Lipinski definition) is 3. The highest BCUT2D eigenvalue weighted by Crippen LogP contribution is 2.07. The minimum Gasteiger partial charge on any atom is -0.386 e. The first-order valence-electron chi connectivity index (χ1n) is 2.58. The van der Waals surface area contributed by atoms with Crippen molar-refractivity contribution in [1.29, 1.82) is 0 Å². The fraction of sp³-hybridized carbons (Fsp3) is 0.500. The van der Waals surface area contributed by atoms with Gasteiger partial charge in [0.15, 0.2) is 0 Å². The molecule has 1 aliphatic heterocycles. The summed E-state index contributed by atoms with van der Waals surface area (Å²) in [5.74, 6) is 0.0938. The quantitative estimate of drug-likeness (QED) is 0.453. The molecule has 2 unspecified atom stereocenters. The van der Waals surface area contributed by atoms with Crippen molar-refractivity contribution >= 4 is 27.8 Å². The molecule has 0 saturated heterocycles. The molecule has 56 valence electrons. The molecule has 2 amide bonds. The molecule has 0 bridgehead atoms. The summed E-state index contributed by atoms with van der Waals surface area (Å²) in [5.41, 5.74) is 5.24. The van der Waals surface area contributed by atoms with Gasteiger partial charge in [-0.05, 0) is 0 Å². The van der Waals surface area contributed by atoms with E-state index in [1.807, 2.05) is 0 Å². The van der Waals surface area contributed by atoms with E-state index in [0.717, 1.165) is 0 Å². The highest BCUT2D eigenvalue weighted by Gasteiger charge is 2.26. The molecule has 1 aliphatic rings. The standard InChI is InChI=1S/C4H6BrN3O2/c5-1-2(6)7-4(10)8-3(1)9/h1,3,9H,(H3,6,7,8,10). The van der Waals surface area contributed by atoms with Crippen LogP contribution in [0.15, 0.2) is 4.99 Å². The maximum Gasteiger partial charge on any atom is 0.344 e. The molecule has 1 rings (SSSR count). The predicted octanol–water partition coefficient (Wildman–Crippen LogP) is -0.851. The van der Waals surface area contributed by atoms with Gasteiger partial charge in [-0.2, -0.15) is 4.99 Å². The normalized spacial score (nSPS) is 33.0. The lowest BCUT2D eigenvalue weighted by molar-refractivity contribution is 0.151. The van der Waals surface area contributed by atoms with E-state index in [9.17, 15) is 4.79 Å². The number of urea groups is 1. The first-order chi connectivity index (χ1) is 4.61. The molecule has 0 aromatic carbocycles. The van der Waals surface area contributed by atoms with Crippen LogP contribution in [0.1, 0.15) is 0 Å². The number of alkyl halides is 1. The minimum absolute atomic E-state index is 0.0938. The molecule has 0 spiro atoms. The number of aliphatic hydroxyl groups is 1. The summed E-state index contributed by atoms with van der Waals surface area (Å²) in [6.07, 6.45) is -0.981. The van der Waals surface area contributed by atoms with Gasteiger partial charge in [0.2, 0.25) is 0 Å². The summed E-state index contributed by atoms with van der Waals surface area (Å²) in [7, 11) is 0. The van der Waals surface area contributed by atoms with Crippen LogP contribution in [0.4, 0.5) is 4.79 Å². The van der Waals surface area contributed by atoms with E-state index >= 15 is 0 Å². The Morgan fingerprint density at radius 1 is 1.80 bits per heavy atom. The first-order valence-corrected chi connectivity index (χ1v) is 3.49. The lowest BCUT2D eigenvalue weighted by Gasteiger charge is -2.20. The SMILES string of the molecule is NC1=NC(=O)NC(O)C1Br. The largest absolute Gasteiger partial charge is 0.386 e. The van der Waals surface area contributed by atoms with Gasteiger partial charge >= 0.3 is 6.03 Å². The number of carbonyl (C=O) groups is 1. The van der Waals surface area contributed by atoms with Gasteiger partial charge in [0, 0.05) is 0 Å². The molecule has 6 heteroatoms. The zero-order chi connectivity index (χ0) is 7.72. The van der Waals surface area contributed by atoms with Crippen molar-refractivity contribution in [3.63, 3.8) is 0 Å². The Labute approximate surface area is 65.4 Å². The van der Waals surface area contributed by atoms with Gasteiger partial charge in [-0.3, -0.25) is 0 Å². The predicted molar refractivity (Wildman–Crippen MR) is 38.9 cm³/mol. The molecule has 0 radical (unpaired) electrons. The van der Waals surface area contributed by atoms with Crippen molar-refractivity contribution in [1.82, 2.24) is 5.32 Å². The van der Waals surface area contributed by atoms with E-state index < -0.39 is 17.1 Å². The molecule has 0 fully saturated rings. The van der Waals surface area contributed by atoms with Gasteiger partial charge in [0.05, 0.1) is 0 Å². The fourth-order valence-electron chi connectivity index (χ4n) is 0.573. The van der Waals surface area contributed by atoms with Gasteiger partial charge in [-0.15, -0.1) is 0 Å². The number of carbonyl (C=O) groups excluding carboxylic acids is 1. The summed E-state index contributed by atoms with van der Waals surface area (Å²) < 4.78 is 0. The number of halogens is 1. The van der Waals surface area contributed by atoms with Crippen LogP contribution in [0.3, 0.4) is 0 Å². The number of rotatable bonds is 0. The van der Waals surface area contributed by atoms with Crippen LogP contribution < -0.4 is 11.1 Å². The number of nitrogens with zero attached hydrogens (tertiary/aromatic N) is 1. The molecule has 0 aromatic heterocycles. The van der Waals surface area contributed by atoms with Crippen molar-refractivity contribution in [2.45, 2.75) is 11.1 Å². The molecular weight excluding hydrogens is 202 g/mol. The Morgan fingerprint density at radius 2 is 2.40 bits per heavy atom. The second-order valence-electron chi connectivity index (χ2n) is 1.83. The molecular formula is C4H6BrN3O2. The molecule has 10 heavy (non-hydrogen) atoms. The first kappa shape index (κ1) is 7.49. The third-order valence-electron chi connectivity index (χ3n) is 1.06. The van der Waals surface area contributed by atoms with Crippen LogP contribution in [-0.2, 0) is 0 Å². The Bertz CT molecular complexity index is 193. The fourth-order valence-corrected chi connectivity index (χ4v) is 0.807. The van der Waals surface area contributed by atoms with Crippen LogP contribution in [-0.4, -0.2) is 28.0 Å². The molecule has 0 aromatic rings. The van der Waals surface area contributed by atoms with E-state index in [2.05, 4.69) is 26.2 Å². The summed E-state index contributed by atoms with van der Waals surface area (Å²) >= 11 is 3.03. The molecule has 1 heterocycles. The Balaban J connectivity index is 2.80. The summed E-state index contributed by atoms with van der Waals surface area (Å²) in [4.78, 5) is 13.3. The van der Waals surface area contributed by atoms with Gasteiger partial charge in [-0.1, -0.05) is 15.9 Å². The van der Waals surface area contributed by atoms with Crippen LogP contribution in [0, 0.1) is 0 Å². The summed E-state index contributed by atoms with van der Waals surface area (Å²) in [6.45, 7) is 0. The molecule has 0 saturated carbocycles. The summed E-state index contributed by atoms with van der Waals surface area (Å²) in [5, 5.41) is 11.1. The number of amidine groups is 1. The summed E-state index contributed by atoms with van der Waals surface area (Å²) in [6, 6.07) is -0.610. The molecule has 2 atom stereocenters. The number of nitrogens with two attached hydrogens (primary N) is 1. The van der Waals surface area contributed by atoms with Crippen molar-refractivity contribution in [2.24, 2.45) is 10.7 Å². The van der Waals surface area contributed by atoms with Crippen molar-refractivity contribution in [2.75, 3.05) is 0 Å². The monoisotopic (exact) mass is 207 g/mol. The maximum absolute atomic E-state index is 10.5. The number of hydrogen-bond acceptors (Lipinski definition) is 3. The lowest BCUT2D eigenvalue weighted by atomic mass is 10.3. The van der Waals surface area contributed by atoms with Crippen LogP contribution in [0.25, 0.3) is 0 Å². The lowest BCUT2D eigenvalue weighted by Crippen LogP contribution is -2.50. The number of amides is 2. The van der Waals surface area contributed by atoms with E-state index in [0.29, 0.717) is 0 Å². The van der Waals surface area contributed by atoms with Crippen LogP contribution in [0.5, 0.6) is 0 Å². The zero-order valence-corrected chi connectivity index (χ0v) is 6.50. The van der Waals surface area contributed by atoms with Crippen molar-refractivity contribution in [3.05, 3.63) is 0 Å². The number of aliphatic imine (C=N–C) groups is 1.